The van der Waals surface area contributed by atoms with Crippen molar-refractivity contribution in [2.75, 3.05) is 31.1 Å². The number of amides is 1. The molecule has 2 fully saturated rings. The average molecular weight is 519 g/mol. The fraction of sp³-hybridized carbons (Fsp3) is 0.586. The molecule has 204 valence electrons. The summed E-state index contributed by atoms with van der Waals surface area (Å²) in [6, 6.07) is 11.2. The molecule has 1 aliphatic heterocycles. The average Bonchev–Trinajstić information content (AvgIpc) is 3.33. The van der Waals surface area contributed by atoms with Crippen molar-refractivity contribution in [3.05, 3.63) is 59.3 Å². The maximum Gasteiger partial charge on any atom is 0.416 e. The van der Waals surface area contributed by atoms with Crippen molar-refractivity contribution in [1.82, 2.24) is 15.2 Å². The SMILES string of the molecule is CCC.Cc1ccccc1CC(C)NC1CCC(C(=O)N2CCN(c3cc(C(F)(F)F)ccn3)CC2)C1. The quantitative estimate of drug-likeness (QED) is 0.520. The van der Waals surface area contributed by atoms with Crippen LogP contribution in [0.2, 0.25) is 0 Å². The van der Waals surface area contributed by atoms with Gasteiger partial charge >= 0.3 is 6.18 Å². The Kier molecular flexibility index (Phi) is 10.4. The van der Waals surface area contributed by atoms with Crippen molar-refractivity contribution in [1.29, 1.82) is 0 Å². The van der Waals surface area contributed by atoms with Crippen LogP contribution in [0.25, 0.3) is 0 Å². The second kappa shape index (κ2) is 13.3. The van der Waals surface area contributed by atoms with Crippen LogP contribution in [0.15, 0.2) is 42.6 Å². The largest absolute Gasteiger partial charge is 0.416 e. The lowest BCUT2D eigenvalue weighted by molar-refractivity contribution is -0.137. The van der Waals surface area contributed by atoms with E-state index in [4.69, 9.17) is 0 Å². The van der Waals surface area contributed by atoms with Gasteiger partial charge in [0.2, 0.25) is 5.91 Å². The molecule has 3 atom stereocenters. The lowest BCUT2D eigenvalue weighted by Gasteiger charge is -2.36. The van der Waals surface area contributed by atoms with E-state index in [1.807, 2.05) is 9.80 Å². The van der Waals surface area contributed by atoms with E-state index in [0.29, 0.717) is 44.1 Å². The number of aromatic nitrogens is 1. The fourth-order valence-corrected chi connectivity index (χ4v) is 5.17. The molecule has 1 saturated heterocycles. The molecular formula is C29H41F3N4O. The Hall–Kier alpha value is -2.61. The van der Waals surface area contributed by atoms with Gasteiger partial charge < -0.3 is 15.1 Å². The van der Waals surface area contributed by atoms with Crippen LogP contribution < -0.4 is 10.2 Å². The van der Waals surface area contributed by atoms with Gasteiger partial charge in [-0.2, -0.15) is 13.2 Å². The van der Waals surface area contributed by atoms with Gasteiger partial charge in [-0.3, -0.25) is 4.79 Å². The fourth-order valence-electron chi connectivity index (χ4n) is 5.17. The predicted octanol–water partition coefficient (Wildman–Crippen LogP) is 5.86. The van der Waals surface area contributed by atoms with Crippen LogP contribution in [0.1, 0.15) is 63.1 Å². The van der Waals surface area contributed by atoms with Gasteiger partial charge in [0.05, 0.1) is 5.56 Å². The second-order valence-electron chi connectivity index (χ2n) is 10.3. The third-order valence-electron chi connectivity index (χ3n) is 7.08. The third kappa shape index (κ3) is 8.19. The smallest absolute Gasteiger partial charge is 0.353 e. The van der Waals surface area contributed by atoms with Crippen LogP contribution in [0.5, 0.6) is 0 Å². The topological polar surface area (TPSA) is 48.5 Å². The van der Waals surface area contributed by atoms with Gasteiger partial charge in [-0.1, -0.05) is 44.5 Å². The van der Waals surface area contributed by atoms with Gasteiger partial charge in [0, 0.05) is 50.4 Å². The normalized spacial score (nSPS) is 20.8. The summed E-state index contributed by atoms with van der Waals surface area (Å²) >= 11 is 0. The van der Waals surface area contributed by atoms with E-state index in [1.54, 1.807) is 0 Å². The highest BCUT2D eigenvalue weighted by atomic mass is 19.4. The minimum Gasteiger partial charge on any atom is -0.353 e. The highest BCUT2D eigenvalue weighted by molar-refractivity contribution is 5.79. The summed E-state index contributed by atoms with van der Waals surface area (Å²) in [5, 5.41) is 3.71. The van der Waals surface area contributed by atoms with Crippen molar-refractivity contribution in [3.8, 4) is 0 Å². The Bertz CT molecular complexity index is 1000. The van der Waals surface area contributed by atoms with Crippen molar-refractivity contribution < 1.29 is 18.0 Å². The number of piperazine rings is 1. The number of rotatable bonds is 6. The first-order chi connectivity index (χ1) is 17.6. The maximum absolute atomic E-state index is 13.1. The van der Waals surface area contributed by atoms with Crippen molar-refractivity contribution in [2.45, 2.75) is 78.1 Å². The molecule has 8 heteroatoms. The minimum atomic E-state index is -4.39. The summed E-state index contributed by atoms with van der Waals surface area (Å²) in [6.07, 6.45) is 1.73. The minimum absolute atomic E-state index is 0.0152. The summed E-state index contributed by atoms with van der Waals surface area (Å²) < 4.78 is 39.0. The van der Waals surface area contributed by atoms with Gasteiger partial charge in [-0.05, 0) is 62.8 Å². The molecule has 0 bridgehead atoms. The van der Waals surface area contributed by atoms with E-state index in [2.05, 4.69) is 62.3 Å². The van der Waals surface area contributed by atoms with Crippen molar-refractivity contribution in [3.63, 3.8) is 0 Å². The van der Waals surface area contributed by atoms with Crippen LogP contribution >= 0.6 is 0 Å². The number of carbonyl (C=O) groups excluding carboxylic acids is 1. The number of carbonyl (C=O) groups is 1. The number of hydrogen-bond donors (Lipinski definition) is 1. The van der Waals surface area contributed by atoms with Gasteiger partial charge in [-0.15, -0.1) is 0 Å². The highest BCUT2D eigenvalue weighted by Gasteiger charge is 2.35. The molecule has 1 aromatic carbocycles. The Balaban J connectivity index is 0.00000121. The van der Waals surface area contributed by atoms with Crippen molar-refractivity contribution >= 4 is 11.7 Å². The summed E-state index contributed by atoms with van der Waals surface area (Å²) in [5.41, 5.74) is 1.95. The second-order valence-corrected chi connectivity index (χ2v) is 10.3. The number of benzene rings is 1. The van der Waals surface area contributed by atoms with Crippen LogP contribution in [-0.4, -0.2) is 54.1 Å². The number of alkyl halides is 3. The van der Waals surface area contributed by atoms with Gasteiger partial charge in [-0.25, -0.2) is 4.98 Å². The first kappa shape index (κ1) is 29.0. The number of pyridine rings is 1. The monoisotopic (exact) mass is 518 g/mol. The molecule has 0 spiro atoms. The summed E-state index contributed by atoms with van der Waals surface area (Å²) in [6.45, 7) is 10.6. The number of hydrogen-bond acceptors (Lipinski definition) is 4. The standard InChI is InChI=1S/C26H33F3N4O.C3H8/c1-18-5-3-4-6-20(18)15-19(2)31-23-8-7-21(16-23)25(34)33-13-11-32(12-14-33)24-17-22(9-10-30-24)26(27,28)29;1-3-2/h3-6,9-10,17,19,21,23,31H,7-8,11-16H2,1-2H3;3H2,1-2H3. The first-order valence-corrected chi connectivity index (χ1v) is 13.5. The lowest BCUT2D eigenvalue weighted by Crippen LogP contribution is -2.50. The van der Waals surface area contributed by atoms with Gasteiger partial charge in [0.15, 0.2) is 0 Å². The molecule has 5 nitrogen and oxygen atoms in total. The summed E-state index contributed by atoms with van der Waals surface area (Å²) in [5.74, 6) is 0.503. The van der Waals surface area contributed by atoms with Crippen LogP contribution in [-0.2, 0) is 17.4 Å². The van der Waals surface area contributed by atoms with E-state index in [-0.39, 0.29) is 11.8 Å². The van der Waals surface area contributed by atoms with Gasteiger partial charge in [0.25, 0.3) is 0 Å². The maximum atomic E-state index is 13.1. The van der Waals surface area contributed by atoms with E-state index in [9.17, 15) is 18.0 Å². The molecule has 1 aliphatic carbocycles. The predicted molar refractivity (Wildman–Crippen MR) is 143 cm³/mol. The zero-order chi connectivity index (χ0) is 27.0. The van der Waals surface area contributed by atoms with Crippen LogP contribution in [0.4, 0.5) is 19.0 Å². The Morgan fingerprint density at radius 2 is 1.78 bits per heavy atom. The molecule has 2 aromatic rings. The first-order valence-electron chi connectivity index (χ1n) is 13.5. The third-order valence-corrected chi connectivity index (χ3v) is 7.08. The molecule has 4 rings (SSSR count). The molecule has 3 unspecified atom stereocenters. The number of nitrogens with one attached hydrogen (secondary N) is 1. The Morgan fingerprint density at radius 3 is 2.43 bits per heavy atom. The lowest BCUT2D eigenvalue weighted by atomic mass is 10.0. The number of anilines is 1. The molecule has 2 aliphatic rings. The molecule has 1 aromatic heterocycles. The molecule has 1 N–H and O–H groups in total. The van der Waals surface area contributed by atoms with Gasteiger partial charge in [0.1, 0.15) is 5.82 Å². The molecular weight excluding hydrogens is 477 g/mol. The van der Waals surface area contributed by atoms with Crippen LogP contribution in [0.3, 0.4) is 0 Å². The molecule has 37 heavy (non-hydrogen) atoms. The van der Waals surface area contributed by atoms with E-state index < -0.39 is 11.7 Å². The van der Waals surface area contributed by atoms with Crippen LogP contribution in [0, 0.1) is 12.8 Å². The Morgan fingerprint density at radius 1 is 1.11 bits per heavy atom. The summed E-state index contributed by atoms with van der Waals surface area (Å²) in [4.78, 5) is 20.9. The molecule has 0 radical (unpaired) electrons. The molecule has 1 saturated carbocycles. The van der Waals surface area contributed by atoms with Crippen molar-refractivity contribution in [2.24, 2.45) is 5.92 Å². The number of nitrogens with zero attached hydrogens (tertiary/aromatic N) is 3. The van der Waals surface area contributed by atoms with E-state index in [1.165, 1.54) is 23.7 Å². The number of halogens is 3. The highest BCUT2D eigenvalue weighted by Crippen LogP contribution is 2.32. The Labute approximate surface area is 219 Å². The molecule has 1 amide bonds. The summed E-state index contributed by atoms with van der Waals surface area (Å²) in [7, 11) is 0. The van der Waals surface area contributed by atoms with E-state index in [0.717, 1.165) is 37.8 Å². The zero-order valence-corrected chi connectivity index (χ0v) is 22.5. The number of aryl methyl sites for hydroxylation is 1. The zero-order valence-electron chi connectivity index (χ0n) is 22.5. The molecule has 2 heterocycles. The van der Waals surface area contributed by atoms with E-state index >= 15 is 0 Å².